The van der Waals surface area contributed by atoms with Crippen molar-refractivity contribution in [2.45, 2.75) is 83.5 Å². The highest BCUT2D eigenvalue weighted by Crippen LogP contribution is 2.69. The van der Waals surface area contributed by atoms with Crippen LogP contribution in [0.15, 0.2) is 0 Å². The van der Waals surface area contributed by atoms with Gasteiger partial charge in [-0.05, 0) is 80.5 Å². The van der Waals surface area contributed by atoms with Gasteiger partial charge in [-0.15, -0.1) is 0 Å². The number of aliphatic hydroxyl groups is 1. The summed E-state index contributed by atoms with van der Waals surface area (Å²) in [5.41, 5.74) is 0.693. The Kier molecular flexibility index (Phi) is 3.49. The molecule has 24 heavy (non-hydrogen) atoms. The van der Waals surface area contributed by atoms with Gasteiger partial charge < -0.3 is 14.6 Å². The van der Waals surface area contributed by atoms with E-state index in [1.165, 1.54) is 38.5 Å². The molecule has 5 aliphatic rings. The standard InChI is InChI=1S/C21H34O3/c1-19-8-5-15(22)13-14(19)3-4-16-17(19)6-9-20(2)18(16)7-10-21(20)23-11-12-24-21/h14-18,22H,3-13H2,1-2H3/t14?,15-,16+,17-,18-,19-,20-/m0/s1. The van der Waals surface area contributed by atoms with E-state index in [-0.39, 0.29) is 17.3 Å². The van der Waals surface area contributed by atoms with Gasteiger partial charge >= 0.3 is 0 Å². The maximum absolute atomic E-state index is 10.2. The van der Waals surface area contributed by atoms with Crippen molar-refractivity contribution in [2.75, 3.05) is 13.2 Å². The highest BCUT2D eigenvalue weighted by Gasteiger charge is 2.67. The normalized spacial score (nSPS) is 55.9. The summed E-state index contributed by atoms with van der Waals surface area (Å²) in [4.78, 5) is 0. The van der Waals surface area contributed by atoms with Gasteiger partial charge in [0.05, 0.1) is 19.3 Å². The maximum atomic E-state index is 10.2. The molecular weight excluding hydrogens is 300 g/mol. The molecule has 0 aromatic heterocycles. The minimum atomic E-state index is -0.261. The summed E-state index contributed by atoms with van der Waals surface area (Å²) < 4.78 is 12.5. The molecule has 0 bridgehead atoms. The number of hydrogen-bond acceptors (Lipinski definition) is 3. The number of aliphatic hydroxyl groups excluding tert-OH is 1. The lowest BCUT2D eigenvalue weighted by molar-refractivity contribution is -0.247. The van der Waals surface area contributed by atoms with Crippen LogP contribution in [-0.2, 0) is 9.47 Å². The minimum Gasteiger partial charge on any atom is -0.393 e. The van der Waals surface area contributed by atoms with Crippen LogP contribution in [0.1, 0.15) is 71.6 Å². The molecule has 4 aliphatic carbocycles. The number of ether oxygens (including phenoxy) is 2. The van der Waals surface area contributed by atoms with Crippen molar-refractivity contribution in [2.24, 2.45) is 34.5 Å². The fourth-order valence-electron chi connectivity index (χ4n) is 8.12. The number of hydrogen-bond donors (Lipinski definition) is 1. The third kappa shape index (κ3) is 1.90. The molecule has 1 heterocycles. The Balaban J connectivity index is 1.45. The van der Waals surface area contributed by atoms with Gasteiger partial charge in [-0.3, -0.25) is 0 Å². The Morgan fingerprint density at radius 3 is 2.38 bits per heavy atom. The molecule has 0 radical (unpaired) electrons. The van der Waals surface area contributed by atoms with Crippen molar-refractivity contribution in [1.29, 1.82) is 0 Å². The molecule has 1 aliphatic heterocycles. The van der Waals surface area contributed by atoms with Crippen LogP contribution in [0.4, 0.5) is 0 Å². The minimum absolute atomic E-state index is 0.0384. The quantitative estimate of drug-likeness (QED) is 0.724. The Labute approximate surface area is 146 Å². The maximum Gasteiger partial charge on any atom is 0.174 e. The third-order valence-electron chi connectivity index (χ3n) is 9.44. The van der Waals surface area contributed by atoms with Crippen molar-refractivity contribution >= 4 is 0 Å². The first-order valence-corrected chi connectivity index (χ1v) is 10.4. The fraction of sp³-hybridized carbons (Fsp3) is 1.00. The van der Waals surface area contributed by atoms with Gasteiger partial charge in [0, 0.05) is 11.8 Å². The van der Waals surface area contributed by atoms with Crippen molar-refractivity contribution < 1.29 is 14.6 Å². The van der Waals surface area contributed by atoms with Gasteiger partial charge in [0.2, 0.25) is 0 Å². The molecule has 1 spiro atoms. The summed E-state index contributed by atoms with van der Waals surface area (Å²) >= 11 is 0. The van der Waals surface area contributed by atoms with E-state index < -0.39 is 0 Å². The predicted molar refractivity (Wildman–Crippen MR) is 92.4 cm³/mol. The Morgan fingerprint density at radius 1 is 0.833 bits per heavy atom. The zero-order chi connectivity index (χ0) is 16.6. The topological polar surface area (TPSA) is 38.7 Å². The van der Waals surface area contributed by atoms with E-state index in [0.29, 0.717) is 5.41 Å². The first-order chi connectivity index (χ1) is 11.5. The van der Waals surface area contributed by atoms with Gasteiger partial charge in [0.1, 0.15) is 0 Å². The van der Waals surface area contributed by atoms with Crippen LogP contribution in [0.2, 0.25) is 0 Å². The lowest BCUT2D eigenvalue weighted by atomic mass is 9.45. The van der Waals surface area contributed by atoms with E-state index in [1.54, 1.807) is 0 Å². The average molecular weight is 335 g/mol. The molecule has 1 N–H and O–H groups in total. The largest absolute Gasteiger partial charge is 0.393 e. The summed E-state index contributed by atoms with van der Waals surface area (Å²) in [6.07, 6.45) is 11.0. The van der Waals surface area contributed by atoms with Gasteiger partial charge in [0.25, 0.3) is 0 Å². The van der Waals surface area contributed by atoms with E-state index in [0.717, 1.165) is 56.1 Å². The molecule has 5 fully saturated rings. The van der Waals surface area contributed by atoms with E-state index in [9.17, 15) is 5.11 Å². The van der Waals surface area contributed by atoms with Crippen LogP contribution in [0.3, 0.4) is 0 Å². The lowest BCUT2D eigenvalue weighted by Crippen LogP contribution is -2.57. The molecule has 136 valence electrons. The number of fused-ring (bicyclic) bond motifs is 6. The summed E-state index contributed by atoms with van der Waals surface area (Å²) in [6, 6.07) is 0. The molecule has 4 saturated carbocycles. The first-order valence-electron chi connectivity index (χ1n) is 10.4. The zero-order valence-electron chi connectivity index (χ0n) is 15.4. The van der Waals surface area contributed by atoms with Gasteiger partial charge in [0.15, 0.2) is 5.79 Å². The van der Waals surface area contributed by atoms with E-state index in [1.807, 2.05) is 0 Å². The van der Waals surface area contributed by atoms with E-state index in [4.69, 9.17) is 9.47 Å². The molecule has 0 aromatic rings. The van der Waals surface area contributed by atoms with Crippen LogP contribution in [0, 0.1) is 34.5 Å². The first kappa shape index (κ1) is 16.1. The average Bonchev–Trinajstić information content (AvgIpc) is 3.15. The van der Waals surface area contributed by atoms with Crippen LogP contribution < -0.4 is 0 Å². The molecule has 0 amide bonds. The van der Waals surface area contributed by atoms with E-state index >= 15 is 0 Å². The lowest BCUT2D eigenvalue weighted by Gasteiger charge is -2.61. The van der Waals surface area contributed by atoms with E-state index in [2.05, 4.69) is 13.8 Å². The third-order valence-corrected chi connectivity index (χ3v) is 9.44. The Hall–Kier alpha value is -0.120. The second-order valence-corrected chi connectivity index (χ2v) is 10.0. The van der Waals surface area contributed by atoms with Crippen LogP contribution in [-0.4, -0.2) is 30.2 Å². The van der Waals surface area contributed by atoms with Crippen LogP contribution in [0.25, 0.3) is 0 Å². The van der Waals surface area contributed by atoms with Crippen LogP contribution >= 0.6 is 0 Å². The molecule has 3 nitrogen and oxygen atoms in total. The number of rotatable bonds is 0. The summed E-state index contributed by atoms with van der Waals surface area (Å²) in [7, 11) is 0. The second-order valence-electron chi connectivity index (χ2n) is 10.0. The molecule has 1 unspecified atom stereocenters. The molecular formula is C21H34O3. The molecule has 5 rings (SSSR count). The monoisotopic (exact) mass is 334 g/mol. The molecule has 7 atom stereocenters. The van der Waals surface area contributed by atoms with Crippen LogP contribution in [0.5, 0.6) is 0 Å². The summed E-state index contributed by atoms with van der Waals surface area (Å²) in [5.74, 6) is 2.98. The van der Waals surface area contributed by atoms with Crippen molar-refractivity contribution in [3.05, 3.63) is 0 Å². The molecule has 1 saturated heterocycles. The van der Waals surface area contributed by atoms with Crippen molar-refractivity contribution in [3.63, 3.8) is 0 Å². The van der Waals surface area contributed by atoms with Gasteiger partial charge in [-0.2, -0.15) is 0 Å². The second kappa shape index (κ2) is 5.20. The van der Waals surface area contributed by atoms with Gasteiger partial charge in [-0.1, -0.05) is 13.8 Å². The Morgan fingerprint density at radius 2 is 1.58 bits per heavy atom. The Bertz CT molecular complexity index is 513. The molecule has 0 aromatic carbocycles. The van der Waals surface area contributed by atoms with Gasteiger partial charge in [-0.25, -0.2) is 0 Å². The fourth-order valence-corrected chi connectivity index (χ4v) is 8.12. The zero-order valence-corrected chi connectivity index (χ0v) is 15.4. The van der Waals surface area contributed by atoms with Crippen molar-refractivity contribution in [1.82, 2.24) is 0 Å². The molecule has 3 heteroatoms. The summed E-state index contributed by atoms with van der Waals surface area (Å²) in [5, 5.41) is 10.2. The highest BCUT2D eigenvalue weighted by molar-refractivity contribution is 5.12. The summed E-state index contributed by atoms with van der Waals surface area (Å²) in [6.45, 7) is 6.61. The van der Waals surface area contributed by atoms with Crippen molar-refractivity contribution in [3.8, 4) is 0 Å². The smallest absolute Gasteiger partial charge is 0.174 e. The highest BCUT2D eigenvalue weighted by atomic mass is 16.7. The SMILES string of the molecule is C[C@]12CC[C@H](O)CC1CC[C@@H]1[C@@H]2CC[C@@]2(C)[C@H]1CCC21OCCO1. The predicted octanol–water partition coefficient (Wildman–Crippen LogP) is 4.13.